The van der Waals surface area contributed by atoms with E-state index in [2.05, 4.69) is 13.8 Å². The molecular formula is C17H32N2O2. The van der Waals surface area contributed by atoms with Crippen LogP contribution in [0.4, 0.5) is 0 Å². The van der Waals surface area contributed by atoms with Gasteiger partial charge in [0.1, 0.15) is 0 Å². The number of hydrogen-bond donors (Lipinski definition) is 2. The minimum absolute atomic E-state index is 0.235. The fourth-order valence-corrected chi connectivity index (χ4v) is 4.10. The van der Waals surface area contributed by atoms with Gasteiger partial charge in [-0.3, -0.25) is 4.79 Å². The van der Waals surface area contributed by atoms with Gasteiger partial charge in [0.2, 0.25) is 5.91 Å². The summed E-state index contributed by atoms with van der Waals surface area (Å²) >= 11 is 0. The number of nitrogens with two attached hydrogens (primary N) is 1. The molecular weight excluding hydrogens is 264 g/mol. The van der Waals surface area contributed by atoms with Crippen LogP contribution in [0, 0.1) is 17.8 Å². The molecule has 1 saturated carbocycles. The van der Waals surface area contributed by atoms with E-state index in [4.69, 9.17) is 5.73 Å². The Labute approximate surface area is 129 Å². The van der Waals surface area contributed by atoms with Crippen molar-refractivity contribution < 1.29 is 9.90 Å². The fraction of sp³-hybridized carbons (Fsp3) is 0.941. The molecule has 1 aliphatic heterocycles. The lowest BCUT2D eigenvalue weighted by Gasteiger charge is -2.47. The highest BCUT2D eigenvalue weighted by atomic mass is 16.3. The zero-order valence-corrected chi connectivity index (χ0v) is 13.7. The summed E-state index contributed by atoms with van der Waals surface area (Å²) in [5.74, 6) is 1.39. The molecule has 0 aromatic heterocycles. The number of fused-ring (bicyclic) bond motifs is 1. The maximum absolute atomic E-state index is 12.5. The average Bonchev–Trinajstić information content (AvgIpc) is 2.44. The van der Waals surface area contributed by atoms with Crippen LogP contribution >= 0.6 is 0 Å². The van der Waals surface area contributed by atoms with E-state index >= 15 is 0 Å². The summed E-state index contributed by atoms with van der Waals surface area (Å²) in [5.41, 5.74) is 5.32. The van der Waals surface area contributed by atoms with Crippen LogP contribution in [0.3, 0.4) is 0 Å². The predicted octanol–water partition coefficient (Wildman–Crippen LogP) is 2.15. The maximum Gasteiger partial charge on any atom is 0.222 e. The van der Waals surface area contributed by atoms with Crippen LogP contribution in [-0.4, -0.2) is 41.1 Å². The van der Waals surface area contributed by atoms with E-state index in [-0.39, 0.29) is 11.8 Å². The first kappa shape index (κ1) is 16.8. The summed E-state index contributed by atoms with van der Waals surface area (Å²) in [5, 5.41) is 10.7. The third-order valence-corrected chi connectivity index (χ3v) is 5.38. The minimum Gasteiger partial charge on any atom is -0.389 e. The molecule has 0 aromatic rings. The minimum atomic E-state index is -0.500. The zero-order chi connectivity index (χ0) is 15.5. The summed E-state index contributed by atoms with van der Waals surface area (Å²) in [4.78, 5) is 14.5. The molecule has 0 spiro atoms. The normalized spacial score (nSPS) is 31.1. The summed E-state index contributed by atoms with van der Waals surface area (Å²) in [6.45, 7) is 6.40. The number of likely N-dealkylation sites (tertiary alicyclic amines) is 1. The summed E-state index contributed by atoms with van der Waals surface area (Å²) < 4.78 is 0. The fourth-order valence-electron chi connectivity index (χ4n) is 4.10. The zero-order valence-electron chi connectivity index (χ0n) is 13.7. The second-order valence-electron chi connectivity index (χ2n) is 7.57. The quantitative estimate of drug-likeness (QED) is 0.817. The first-order chi connectivity index (χ1) is 9.94. The van der Waals surface area contributed by atoms with Crippen LogP contribution in [0.2, 0.25) is 0 Å². The van der Waals surface area contributed by atoms with E-state index in [1.54, 1.807) is 0 Å². The van der Waals surface area contributed by atoms with Gasteiger partial charge in [-0.2, -0.15) is 0 Å². The van der Waals surface area contributed by atoms with E-state index in [1.807, 2.05) is 4.90 Å². The van der Waals surface area contributed by atoms with Crippen molar-refractivity contribution >= 4 is 5.91 Å². The summed E-state index contributed by atoms with van der Waals surface area (Å²) in [7, 11) is 0. The Hall–Kier alpha value is -0.610. The molecule has 0 radical (unpaired) electrons. The van der Waals surface area contributed by atoms with Gasteiger partial charge in [-0.25, -0.2) is 0 Å². The van der Waals surface area contributed by atoms with Crippen LogP contribution in [-0.2, 0) is 4.79 Å². The smallest absolute Gasteiger partial charge is 0.222 e. The molecule has 2 aliphatic rings. The van der Waals surface area contributed by atoms with Crippen molar-refractivity contribution in [1.82, 2.24) is 4.90 Å². The topological polar surface area (TPSA) is 66.6 Å². The highest BCUT2D eigenvalue weighted by Crippen LogP contribution is 2.40. The van der Waals surface area contributed by atoms with Crippen LogP contribution in [0.1, 0.15) is 58.8 Å². The van der Waals surface area contributed by atoms with Crippen LogP contribution in [0.25, 0.3) is 0 Å². The van der Waals surface area contributed by atoms with Crippen LogP contribution in [0.15, 0.2) is 0 Å². The maximum atomic E-state index is 12.5. The Morgan fingerprint density at radius 1 is 1.38 bits per heavy atom. The van der Waals surface area contributed by atoms with Crippen molar-refractivity contribution in [2.75, 3.05) is 19.6 Å². The molecule has 1 heterocycles. The van der Waals surface area contributed by atoms with Gasteiger partial charge in [0.15, 0.2) is 0 Å². The molecule has 1 amide bonds. The van der Waals surface area contributed by atoms with Crippen molar-refractivity contribution in [2.24, 2.45) is 23.5 Å². The Morgan fingerprint density at radius 2 is 2.14 bits per heavy atom. The summed E-state index contributed by atoms with van der Waals surface area (Å²) in [6.07, 6.45) is 6.63. The Bertz CT molecular complexity index is 359. The standard InChI is InChI=1S/C17H32N2O2/c1-13(2)9-14(11-18)10-16(20)19-8-7-17(21)6-4-3-5-15(17)12-19/h13-15,21H,3-12,18H2,1-2H3. The number of carbonyl (C=O) groups excluding carboxylic acids is 1. The van der Waals surface area contributed by atoms with Gasteiger partial charge in [0, 0.05) is 25.4 Å². The number of rotatable bonds is 5. The number of amides is 1. The van der Waals surface area contributed by atoms with Gasteiger partial charge < -0.3 is 15.7 Å². The molecule has 2 rings (SSSR count). The largest absolute Gasteiger partial charge is 0.389 e. The highest BCUT2D eigenvalue weighted by Gasteiger charge is 2.43. The number of nitrogens with zero attached hydrogens (tertiary/aromatic N) is 1. The SMILES string of the molecule is CC(C)CC(CN)CC(=O)N1CCC2(O)CCCCC2C1. The lowest BCUT2D eigenvalue weighted by molar-refractivity contribution is -0.144. The van der Waals surface area contributed by atoms with Gasteiger partial charge >= 0.3 is 0 Å². The van der Waals surface area contributed by atoms with E-state index in [0.29, 0.717) is 31.3 Å². The molecule has 3 unspecified atom stereocenters. The van der Waals surface area contributed by atoms with Crippen molar-refractivity contribution in [3.8, 4) is 0 Å². The van der Waals surface area contributed by atoms with Gasteiger partial charge in [-0.1, -0.05) is 26.7 Å². The number of carbonyl (C=O) groups is 1. The lowest BCUT2D eigenvalue weighted by atomic mass is 9.71. The number of hydrogen-bond acceptors (Lipinski definition) is 3. The van der Waals surface area contributed by atoms with Gasteiger partial charge in [0.25, 0.3) is 0 Å². The average molecular weight is 296 g/mol. The van der Waals surface area contributed by atoms with E-state index in [0.717, 1.165) is 38.6 Å². The lowest BCUT2D eigenvalue weighted by Crippen LogP contribution is -2.54. The summed E-state index contributed by atoms with van der Waals surface area (Å²) in [6, 6.07) is 0. The molecule has 21 heavy (non-hydrogen) atoms. The van der Waals surface area contributed by atoms with Crippen molar-refractivity contribution in [2.45, 2.75) is 64.4 Å². The predicted molar refractivity (Wildman–Crippen MR) is 84.7 cm³/mol. The molecule has 3 atom stereocenters. The van der Waals surface area contributed by atoms with Crippen LogP contribution < -0.4 is 5.73 Å². The third kappa shape index (κ3) is 4.19. The molecule has 122 valence electrons. The Morgan fingerprint density at radius 3 is 2.81 bits per heavy atom. The molecule has 2 fully saturated rings. The monoisotopic (exact) mass is 296 g/mol. The Kier molecular flexibility index (Phi) is 5.67. The van der Waals surface area contributed by atoms with Gasteiger partial charge in [0.05, 0.1) is 5.60 Å². The molecule has 1 aliphatic carbocycles. The number of aliphatic hydroxyl groups is 1. The van der Waals surface area contributed by atoms with Crippen LogP contribution in [0.5, 0.6) is 0 Å². The highest BCUT2D eigenvalue weighted by molar-refractivity contribution is 5.76. The van der Waals surface area contributed by atoms with Crippen molar-refractivity contribution in [3.63, 3.8) is 0 Å². The van der Waals surface area contributed by atoms with E-state index in [1.165, 1.54) is 6.42 Å². The molecule has 1 saturated heterocycles. The molecule has 4 nitrogen and oxygen atoms in total. The van der Waals surface area contributed by atoms with Crippen molar-refractivity contribution in [1.29, 1.82) is 0 Å². The van der Waals surface area contributed by atoms with Gasteiger partial charge in [-0.15, -0.1) is 0 Å². The molecule has 3 N–H and O–H groups in total. The molecule has 0 bridgehead atoms. The van der Waals surface area contributed by atoms with E-state index < -0.39 is 5.60 Å². The third-order valence-electron chi connectivity index (χ3n) is 5.38. The van der Waals surface area contributed by atoms with Crippen molar-refractivity contribution in [3.05, 3.63) is 0 Å². The Balaban J connectivity index is 1.89. The first-order valence-corrected chi connectivity index (χ1v) is 8.65. The number of piperidine rings is 1. The van der Waals surface area contributed by atoms with E-state index in [9.17, 15) is 9.90 Å². The second kappa shape index (κ2) is 7.10. The molecule has 0 aromatic carbocycles. The molecule has 4 heteroatoms. The second-order valence-corrected chi connectivity index (χ2v) is 7.57. The van der Waals surface area contributed by atoms with Gasteiger partial charge in [-0.05, 0) is 44.1 Å². The first-order valence-electron chi connectivity index (χ1n) is 8.65.